The topological polar surface area (TPSA) is 118 Å². The molecule has 2 heterocycles. The Hall–Kier alpha value is -3.78. The molecule has 8 nitrogen and oxygen atoms in total. The van der Waals surface area contributed by atoms with E-state index in [2.05, 4.69) is 4.98 Å². The molecule has 2 atom stereocenters. The predicted molar refractivity (Wildman–Crippen MR) is 110 cm³/mol. The van der Waals surface area contributed by atoms with Crippen LogP contribution in [0.3, 0.4) is 0 Å². The number of benzene rings is 2. The number of Topliss-reactive ketones (excluding diaryl/α,β-unsaturated/α-hetero) is 1. The molecule has 1 aliphatic rings. The second-order valence-electron chi connectivity index (χ2n) is 7.21. The number of hydrogen-bond acceptors (Lipinski definition) is 8. The standard InChI is InChI=1S/C23H21NO7/c1-12-3-5-14(24-10-12)11-30-18-7-13(4-6-17(18)29-2)23-22(28)21(27)20-16(26)8-15(25)9-19(20)31-23/h3-10,22-23,25-26,28H,11H2,1-2H3. The van der Waals surface area contributed by atoms with Crippen molar-refractivity contribution >= 4 is 5.78 Å². The number of ether oxygens (including phenoxy) is 3. The molecule has 1 aromatic heterocycles. The maximum Gasteiger partial charge on any atom is 0.202 e. The second kappa shape index (κ2) is 8.16. The molecule has 8 heteroatoms. The Morgan fingerprint density at radius 3 is 2.61 bits per heavy atom. The van der Waals surface area contributed by atoms with E-state index in [9.17, 15) is 20.1 Å². The summed E-state index contributed by atoms with van der Waals surface area (Å²) in [7, 11) is 1.50. The smallest absolute Gasteiger partial charge is 0.202 e. The molecule has 0 spiro atoms. The number of methoxy groups -OCH3 is 1. The number of fused-ring (bicyclic) bond motifs is 1. The van der Waals surface area contributed by atoms with E-state index in [0.717, 1.165) is 17.3 Å². The Morgan fingerprint density at radius 1 is 1.10 bits per heavy atom. The highest BCUT2D eigenvalue weighted by atomic mass is 16.5. The first kappa shape index (κ1) is 20.5. The average molecular weight is 423 g/mol. The van der Waals surface area contributed by atoms with Crippen LogP contribution in [0.1, 0.15) is 33.3 Å². The van der Waals surface area contributed by atoms with Gasteiger partial charge in [0.25, 0.3) is 0 Å². The van der Waals surface area contributed by atoms with Crippen molar-refractivity contribution in [2.24, 2.45) is 0 Å². The summed E-state index contributed by atoms with van der Waals surface area (Å²) in [6.45, 7) is 2.14. The predicted octanol–water partition coefficient (Wildman–Crippen LogP) is 3.07. The molecule has 0 saturated carbocycles. The molecular formula is C23H21NO7. The quantitative estimate of drug-likeness (QED) is 0.573. The van der Waals surface area contributed by atoms with Gasteiger partial charge in [0.2, 0.25) is 5.78 Å². The van der Waals surface area contributed by atoms with Crippen molar-refractivity contribution in [2.75, 3.05) is 7.11 Å². The molecule has 3 aromatic rings. The van der Waals surface area contributed by atoms with E-state index in [0.29, 0.717) is 17.1 Å². The molecule has 1 aliphatic heterocycles. The van der Waals surface area contributed by atoms with Crippen LogP contribution in [0.15, 0.2) is 48.7 Å². The van der Waals surface area contributed by atoms with Crippen molar-refractivity contribution in [3.63, 3.8) is 0 Å². The number of aromatic hydroxyl groups is 2. The molecule has 0 aliphatic carbocycles. The van der Waals surface area contributed by atoms with E-state index in [1.54, 1.807) is 24.4 Å². The monoisotopic (exact) mass is 423 g/mol. The number of aliphatic hydroxyl groups excluding tert-OH is 1. The van der Waals surface area contributed by atoms with Crippen molar-refractivity contribution in [2.45, 2.75) is 25.7 Å². The van der Waals surface area contributed by atoms with Crippen LogP contribution < -0.4 is 14.2 Å². The minimum atomic E-state index is -1.55. The molecule has 0 amide bonds. The van der Waals surface area contributed by atoms with Gasteiger partial charge in [-0.05, 0) is 36.2 Å². The average Bonchev–Trinajstić information content (AvgIpc) is 2.75. The lowest BCUT2D eigenvalue weighted by Gasteiger charge is -2.30. The maximum atomic E-state index is 12.6. The zero-order valence-electron chi connectivity index (χ0n) is 16.9. The van der Waals surface area contributed by atoms with E-state index in [1.807, 2.05) is 19.1 Å². The Kier molecular flexibility index (Phi) is 5.39. The minimum absolute atomic E-state index is 0.0139. The van der Waals surface area contributed by atoms with Gasteiger partial charge in [-0.25, -0.2) is 0 Å². The van der Waals surface area contributed by atoms with Gasteiger partial charge < -0.3 is 29.5 Å². The molecule has 2 unspecified atom stereocenters. The van der Waals surface area contributed by atoms with Crippen molar-refractivity contribution in [1.29, 1.82) is 0 Å². The van der Waals surface area contributed by atoms with Gasteiger partial charge in [0.15, 0.2) is 23.7 Å². The van der Waals surface area contributed by atoms with Crippen LogP contribution in [0.2, 0.25) is 0 Å². The summed E-state index contributed by atoms with van der Waals surface area (Å²) in [6, 6.07) is 10.9. The number of aryl methyl sites for hydroxylation is 1. The van der Waals surface area contributed by atoms with Crippen LogP contribution in [0.5, 0.6) is 28.7 Å². The number of aromatic nitrogens is 1. The summed E-state index contributed by atoms with van der Waals surface area (Å²) in [5, 5.41) is 30.3. The Balaban J connectivity index is 1.64. The lowest BCUT2D eigenvalue weighted by molar-refractivity contribution is 0.0209. The number of rotatable bonds is 5. The van der Waals surface area contributed by atoms with Gasteiger partial charge in [0, 0.05) is 18.3 Å². The van der Waals surface area contributed by atoms with Crippen LogP contribution in [0.4, 0.5) is 0 Å². The van der Waals surface area contributed by atoms with Gasteiger partial charge >= 0.3 is 0 Å². The van der Waals surface area contributed by atoms with E-state index >= 15 is 0 Å². The number of carbonyl (C=O) groups is 1. The summed E-state index contributed by atoms with van der Waals surface area (Å²) >= 11 is 0. The summed E-state index contributed by atoms with van der Waals surface area (Å²) in [5.41, 5.74) is 2.05. The third kappa shape index (κ3) is 3.97. The van der Waals surface area contributed by atoms with Gasteiger partial charge in [-0.2, -0.15) is 0 Å². The normalized spacial score (nSPS) is 17.6. The molecule has 0 saturated heterocycles. The Labute approximate surface area is 178 Å². The summed E-state index contributed by atoms with van der Waals surface area (Å²) < 4.78 is 17.0. The number of phenols is 2. The van der Waals surface area contributed by atoms with Gasteiger partial charge in [-0.15, -0.1) is 0 Å². The Bertz CT molecular complexity index is 1130. The SMILES string of the molecule is COc1ccc(C2Oc3cc(O)cc(O)c3C(=O)C2O)cc1OCc1ccc(C)cn1. The van der Waals surface area contributed by atoms with Gasteiger partial charge in [0.1, 0.15) is 29.4 Å². The first-order chi connectivity index (χ1) is 14.9. The highest BCUT2D eigenvalue weighted by Crippen LogP contribution is 2.43. The lowest BCUT2D eigenvalue weighted by atomic mass is 9.92. The molecule has 2 aromatic carbocycles. The van der Waals surface area contributed by atoms with Crippen LogP contribution in [0, 0.1) is 6.92 Å². The molecule has 3 N–H and O–H groups in total. The fraction of sp³-hybridized carbons (Fsp3) is 0.217. The molecule has 4 rings (SSSR count). The van der Waals surface area contributed by atoms with Crippen LogP contribution in [0.25, 0.3) is 0 Å². The van der Waals surface area contributed by atoms with E-state index in [4.69, 9.17) is 14.2 Å². The summed E-state index contributed by atoms with van der Waals surface area (Å²) in [6.07, 6.45) is -0.873. The zero-order chi connectivity index (χ0) is 22.1. The van der Waals surface area contributed by atoms with E-state index < -0.39 is 23.7 Å². The number of aliphatic hydroxyl groups is 1. The molecule has 0 radical (unpaired) electrons. The highest BCUT2D eigenvalue weighted by Gasteiger charge is 2.39. The molecule has 160 valence electrons. The number of phenolic OH excluding ortho intramolecular Hbond substituents is 2. The Morgan fingerprint density at radius 2 is 1.90 bits per heavy atom. The third-order valence-corrected chi connectivity index (χ3v) is 4.99. The zero-order valence-corrected chi connectivity index (χ0v) is 16.9. The first-order valence-corrected chi connectivity index (χ1v) is 9.54. The van der Waals surface area contributed by atoms with Crippen molar-refractivity contribution in [1.82, 2.24) is 4.98 Å². The highest BCUT2D eigenvalue weighted by molar-refractivity contribution is 6.05. The first-order valence-electron chi connectivity index (χ1n) is 9.54. The summed E-state index contributed by atoms with van der Waals surface area (Å²) in [4.78, 5) is 16.9. The number of pyridine rings is 1. The fourth-order valence-electron chi connectivity index (χ4n) is 3.38. The van der Waals surface area contributed by atoms with Gasteiger partial charge in [-0.3, -0.25) is 9.78 Å². The third-order valence-electron chi connectivity index (χ3n) is 4.99. The van der Waals surface area contributed by atoms with E-state index in [1.165, 1.54) is 13.2 Å². The summed E-state index contributed by atoms with van der Waals surface area (Å²) in [5.74, 6) is -0.588. The van der Waals surface area contributed by atoms with Crippen molar-refractivity contribution in [3.8, 4) is 28.7 Å². The fourth-order valence-corrected chi connectivity index (χ4v) is 3.38. The van der Waals surface area contributed by atoms with Gasteiger partial charge in [-0.1, -0.05) is 12.1 Å². The van der Waals surface area contributed by atoms with Gasteiger partial charge in [0.05, 0.1) is 12.8 Å². The van der Waals surface area contributed by atoms with Crippen LogP contribution >= 0.6 is 0 Å². The second-order valence-corrected chi connectivity index (χ2v) is 7.21. The van der Waals surface area contributed by atoms with Crippen molar-refractivity contribution < 1.29 is 34.3 Å². The molecule has 0 bridgehead atoms. The van der Waals surface area contributed by atoms with Crippen LogP contribution in [-0.4, -0.2) is 39.3 Å². The number of ketones is 1. The molecule has 0 fully saturated rings. The van der Waals surface area contributed by atoms with E-state index in [-0.39, 0.29) is 23.7 Å². The molecular weight excluding hydrogens is 402 g/mol. The maximum absolute atomic E-state index is 12.6. The molecule has 31 heavy (non-hydrogen) atoms. The van der Waals surface area contributed by atoms with Crippen molar-refractivity contribution in [3.05, 3.63) is 71.0 Å². The minimum Gasteiger partial charge on any atom is -0.508 e. The largest absolute Gasteiger partial charge is 0.508 e. The van der Waals surface area contributed by atoms with Crippen LogP contribution in [-0.2, 0) is 6.61 Å². The number of nitrogens with zero attached hydrogens (tertiary/aromatic N) is 1. The lowest BCUT2D eigenvalue weighted by Crippen LogP contribution is -2.36. The number of carbonyl (C=O) groups excluding carboxylic acids is 1. The number of hydrogen-bond donors (Lipinski definition) is 3.